The van der Waals surface area contributed by atoms with Crippen molar-refractivity contribution in [3.63, 3.8) is 0 Å². The molecule has 220 valence electrons. The van der Waals surface area contributed by atoms with Crippen LogP contribution < -0.4 is 4.90 Å². The first-order chi connectivity index (χ1) is 22.0. The Morgan fingerprint density at radius 3 is 2.31 bits per heavy atom. The number of fused-ring (bicyclic) bond motifs is 6. The molecule has 0 fully saturated rings. The molecule has 2 heterocycles. The number of nitrogens with zero attached hydrogens (tertiary/aromatic N) is 1. The second kappa shape index (κ2) is 10.4. The number of amides is 1. The summed E-state index contributed by atoms with van der Waals surface area (Å²) in [5.74, 6) is -1.72. The van der Waals surface area contributed by atoms with E-state index in [-0.39, 0.29) is 17.6 Å². The fourth-order valence-electron chi connectivity index (χ4n) is 7.75. The number of hydrogen-bond acceptors (Lipinski definition) is 2. The highest BCUT2D eigenvalue weighted by Gasteiger charge is 2.63. The van der Waals surface area contributed by atoms with Crippen molar-refractivity contribution in [2.45, 2.75) is 31.2 Å². The number of aromatic nitrogens is 1. The second-order valence-corrected chi connectivity index (χ2v) is 12.3. The predicted molar refractivity (Wildman–Crippen MR) is 175 cm³/mol. The maximum atomic E-state index is 15.4. The highest BCUT2D eigenvalue weighted by atomic mass is 19.1. The quantitative estimate of drug-likeness (QED) is 0.205. The lowest BCUT2D eigenvalue weighted by atomic mass is 9.57. The maximum absolute atomic E-state index is 15.4. The molecular formula is C40H31FN2O2. The molecule has 45 heavy (non-hydrogen) atoms. The first-order valence-electron chi connectivity index (χ1n) is 15.4. The van der Waals surface area contributed by atoms with E-state index in [1.165, 1.54) is 12.1 Å². The predicted octanol–water partition coefficient (Wildman–Crippen LogP) is 8.48. The van der Waals surface area contributed by atoms with Crippen molar-refractivity contribution in [2.75, 3.05) is 4.90 Å². The molecule has 0 bridgehead atoms. The molecule has 3 atom stereocenters. The highest BCUT2D eigenvalue weighted by Crippen LogP contribution is 2.60. The van der Waals surface area contributed by atoms with Crippen molar-refractivity contribution in [1.82, 2.24) is 4.98 Å². The molecule has 5 aromatic carbocycles. The van der Waals surface area contributed by atoms with E-state index in [0.717, 1.165) is 33.2 Å². The number of nitrogens with one attached hydrogen (secondary N) is 1. The number of rotatable bonds is 5. The van der Waals surface area contributed by atoms with E-state index in [2.05, 4.69) is 23.2 Å². The average Bonchev–Trinajstić information content (AvgIpc) is 3.57. The molecule has 1 N–H and O–H groups in total. The lowest BCUT2D eigenvalue weighted by Gasteiger charge is -2.43. The van der Waals surface area contributed by atoms with Gasteiger partial charge in [0.15, 0.2) is 5.78 Å². The van der Waals surface area contributed by atoms with Gasteiger partial charge in [0.1, 0.15) is 11.2 Å². The SMILES string of the molecule is Cc1ccc(C(=O)C2CC(c3ccccc3)c3c([nH]c4ccccc34)C23C(=O)N(Cc2ccccc2)c2ccc(F)cc23)cc1. The third kappa shape index (κ3) is 4.11. The summed E-state index contributed by atoms with van der Waals surface area (Å²) in [6.45, 7) is 2.29. The smallest absolute Gasteiger partial charge is 0.244 e. The van der Waals surface area contributed by atoms with Crippen molar-refractivity contribution >= 4 is 28.3 Å². The monoisotopic (exact) mass is 590 g/mol. The molecule has 2 aliphatic rings. The van der Waals surface area contributed by atoms with Crippen LogP contribution in [-0.2, 0) is 16.8 Å². The number of halogens is 1. The van der Waals surface area contributed by atoms with Crippen LogP contribution in [0.5, 0.6) is 0 Å². The summed E-state index contributed by atoms with van der Waals surface area (Å²) in [4.78, 5) is 35.7. The van der Waals surface area contributed by atoms with Gasteiger partial charge in [0.05, 0.1) is 6.54 Å². The molecule has 0 radical (unpaired) electrons. The topological polar surface area (TPSA) is 53.2 Å². The molecular weight excluding hydrogens is 559 g/mol. The number of aromatic amines is 1. The highest BCUT2D eigenvalue weighted by molar-refractivity contribution is 6.16. The van der Waals surface area contributed by atoms with Crippen LogP contribution in [0.1, 0.15) is 56.2 Å². The van der Waals surface area contributed by atoms with Crippen LogP contribution in [0.15, 0.2) is 127 Å². The zero-order valence-electron chi connectivity index (χ0n) is 24.8. The van der Waals surface area contributed by atoms with Crippen molar-refractivity contribution in [3.05, 3.63) is 172 Å². The molecule has 5 heteroatoms. The van der Waals surface area contributed by atoms with Gasteiger partial charge in [-0.25, -0.2) is 4.39 Å². The Hall–Kier alpha value is -5.29. The molecule has 1 aliphatic carbocycles. The van der Waals surface area contributed by atoms with Gasteiger partial charge in [0, 0.05) is 45.2 Å². The number of benzene rings is 5. The summed E-state index contributed by atoms with van der Waals surface area (Å²) in [7, 11) is 0. The van der Waals surface area contributed by atoms with Gasteiger partial charge in [0.25, 0.3) is 0 Å². The normalized spacial score (nSPS) is 20.4. The largest absolute Gasteiger partial charge is 0.357 e. The van der Waals surface area contributed by atoms with Crippen molar-refractivity contribution < 1.29 is 14.0 Å². The summed E-state index contributed by atoms with van der Waals surface area (Å²) in [6.07, 6.45) is 0.395. The number of anilines is 1. The number of H-pyrrole nitrogens is 1. The van der Waals surface area contributed by atoms with E-state index in [9.17, 15) is 4.79 Å². The standard InChI is InChI=1S/C40H31FN2O2/c1-25-16-18-28(19-17-25)37(44)33-23-31(27-12-6-3-7-13-27)36-30-14-8-9-15-34(30)42-38(36)40(33)32-22-29(41)20-21-35(32)43(39(40)45)24-26-10-4-2-5-11-26/h2-22,31,33,42H,23-24H2,1H3. The van der Waals surface area contributed by atoms with Crippen LogP contribution in [0.2, 0.25) is 0 Å². The van der Waals surface area contributed by atoms with E-state index in [4.69, 9.17) is 0 Å². The van der Waals surface area contributed by atoms with Crippen LogP contribution in [0.3, 0.4) is 0 Å². The van der Waals surface area contributed by atoms with Gasteiger partial charge in [-0.1, -0.05) is 109 Å². The summed E-state index contributed by atoms with van der Waals surface area (Å²) >= 11 is 0. The van der Waals surface area contributed by atoms with Crippen molar-refractivity contribution in [2.24, 2.45) is 5.92 Å². The first kappa shape index (κ1) is 27.3. The minimum absolute atomic E-state index is 0.120. The Morgan fingerprint density at radius 2 is 1.56 bits per heavy atom. The molecule has 6 aromatic rings. The van der Waals surface area contributed by atoms with Crippen LogP contribution >= 0.6 is 0 Å². The molecule has 1 aliphatic heterocycles. The molecule has 8 rings (SSSR count). The minimum atomic E-state index is -1.45. The summed E-state index contributed by atoms with van der Waals surface area (Å²) in [5.41, 5.74) is 5.90. The van der Waals surface area contributed by atoms with Gasteiger partial charge >= 0.3 is 0 Å². The van der Waals surface area contributed by atoms with Crippen LogP contribution in [0.4, 0.5) is 10.1 Å². The third-order valence-electron chi connectivity index (χ3n) is 9.78. The number of carbonyl (C=O) groups is 2. The van der Waals surface area contributed by atoms with Crippen LogP contribution in [0, 0.1) is 18.7 Å². The van der Waals surface area contributed by atoms with E-state index >= 15 is 9.18 Å². The van der Waals surface area contributed by atoms with Gasteiger partial charge in [0.2, 0.25) is 5.91 Å². The molecule has 3 unspecified atom stereocenters. The van der Waals surface area contributed by atoms with Gasteiger partial charge in [-0.2, -0.15) is 0 Å². The lowest BCUT2D eigenvalue weighted by Crippen LogP contribution is -2.52. The summed E-state index contributed by atoms with van der Waals surface area (Å²) in [6, 6.07) is 40.2. The molecule has 1 amide bonds. The number of aryl methyl sites for hydroxylation is 1. The molecule has 0 saturated carbocycles. The van der Waals surface area contributed by atoms with E-state index in [0.29, 0.717) is 35.5 Å². The van der Waals surface area contributed by atoms with Gasteiger partial charge in [-0.15, -0.1) is 0 Å². The number of para-hydroxylation sites is 1. The Labute approximate surface area is 261 Å². The molecule has 4 nitrogen and oxygen atoms in total. The fourth-order valence-corrected chi connectivity index (χ4v) is 7.75. The van der Waals surface area contributed by atoms with Crippen LogP contribution in [0.25, 0.3) is 10.9 Å². The Balaban J connectivity index is 1.45. The Morgan fingerprint density at radius 1 is 0.867 bits per heavy atom. The Bertz CT molecular complexity index is 2080. The lowest BCUT2D eigenvalue weighted by molar-refractivity contribution is -0.123. The van der Waals surface area contributed by atoms with Gasteiger partial charge < -0.3 is 9.88 Å². The summed E-state index contributed by atoms with van der Waals surface area (Å²) < 4.78 is 15.4. The molecule has 1 aromatic heterocycles. The van der Waals surface area contributed by atoms with E-state index in [1.54, 1.807) is 11.0 Å². The summed E-state index contributed by atoms with van der Waals surface area (Å²) in [5, 5.41) is 1.01. The number of ketones is 1. The zero-order chi connectivity index (χ0) is 30.7. The van der Waals surface area contributed by atoms with Crippen molar-refractivity contribution in [1.29, 1.82) is 0 Å². The van der Waals surface area contributed by atoms with E-state index in [1.807, 2.05) is 97.9 Å². The van der Waals surface area contributed by atoms with Crippen molar-refractivity contribution in [3.8, 4) is 0 Å². The number of hydrogen-bond donors (Lipinski definition) is 1. The number of Topliss-reactive ketones (excluding diaryl/α,β-unsaturated/α-hetero) is 1. The number of carbonyl (C=O) groups excluding carboxylic acids is 2. The fraction of sp³-hybridized carbons (Fsp3) is 0.150. The third-order valence-corrected chi connectivity index (χ3v) is 9.78. The van der Waals surface area contributed by atoms with Crippen LogP contribution in [-0.4, -0.2) is 16.7 Å². The Kier molecular flexibility index (Phi) is 6.31. The molecule has 1 spiro atoms. The maximum Gasteiger partial charge on any atom is 0.244 e. The van der Waals surface area contributed by atoms with Gasteiger partial charge in [-0.3, -0.25) is 9.59 Å². The van der Waals surface area contributed by atoms with Gasteiger partial charge in [-0.05, 0) is 54.3 Å². The second-order valence-electron chi connectivity index (χ2n) is 12.3. The first-order valence-corrected chi connectivity index (χ1v) is 15.4. The minimum Gasteiger partial charge on any atom is -0.357 e. The van der Waals surface area contributed by atoms with E-state index < -0.39 is 17.2 Å². The average molecular weight is 591 g/mol. The molecule has 0 saturated heterocycles. The zero-order valence-corrected chi connectivity index (χ0v) is 24.8.